The molecule has 0 aliphatic carbocycles. The summed E-state index contributed by atoms with van der Waals surface area (Å²) in [5, 5.41) is 1.03. The predicted octanol–water partition coefficient (Wildman–Crippen LogP) is 5.53. The summed E-state index contributed by atoms with van der Waals surface area (Å²) in [5.41, 5.74) is 1.93. The quantitative estimate of drug-likeness (QED) is 0.233. The summed E-state index contributed by atoms with van der Waals surface area (Å²) in [6.07, 6.45) is 3.15. The van der Waals surface area contributed by atoms with Gasteiger partial charge in [0.25, 0.3) is 5.56 Å². The number of aromatic nitrogens is 1. The van der Waals surface area contributed by atoms with Crippen molar-refractivity contribution in [2.45, 2.75) is 13.0 Å². The number of hydrogen-bond donors (Lipinski definition) is 0. The predicted molar refractivity (Wildman–Crippen MR) is 146 cm³/mol. The van der Waals surface area contributed by atoms with E-state index in [1.165, 1.54) is 22.0 Å². The Bertz CT molecular complexity index is 1730. The molecule has 2 aromatic heterocycles. The first-order valence-electron chi connectivity index (χ1n) is 11.3. The van der Waals surface area contributed by atoms with E-state index in [0.29, 0.717) is 47.7 Å². The molecule has 4 aromatic rings. The third-order valence-electron chi connectivity index (χ3n) is 5.78. The summed E-state index contributed by atoms with van der Waals surface area (Å²) in [6.45, 7) is 5.40. The number of esters is 1. The first-order chi connectivity index (χ1) is 17.9. The number of rotatable bonds is 6. The molecule has 5 rings (SSSR count). The summed E-state index contributed by atoms with van der Waals surface area (Å²) >= 11 is 13.6. The summed E-state index contributed by atoms with van der Waals surface area (Å²) in [6, 6.07) is 17.3. The van der Waals surface area contributed by atoms with Crippen LogP contribution in [0.4, 0.5) is 0 Å². The molecule has 0 saturated carbocycles. The Kier molecular flexibility index (Phi) is 7.02. The maximum atomic E-state index is 13.7. The van der Waals surface area contributed by atoms with Crippen LogP contribution in [0.3, 0.4) is 0 Å². The van der Waals surface area contributed by atoms with Crippen molar-refractivity contribution in [3.63, 3.8) is 0 Å². The average molecular weight is 551 g/mol. The number of halogens is 2. The smallest absolute Gasteiger partial charge is 0.338 e. The monoisotopic (exact) mass is 550 g/mol. The maximum absolute atomic E-state index is 13.7. The summed E-state index contributed by atoms with van der Waals surface area (Å²) in [7, 11) is 0. The van der Waals surface area contributed by atoms with Crippen molar-refractivity contribution in [2.24, 2.45) is 4.99 Å². The largest absolute Gasteiger partial charge is 0.458 e. The van der Waals surface area contributed by atoms with Gasteiger partial charge in [-0.25, -0.2) is 9.79 Å². The zero-order valence-corrected chi connectivity index (χ0v) is 21.9. The van der Waals surface area contributed by atoms with Crippen LogP contribution in [0.25, 0.3) is 17.4 Å². The number of nitrogens with zero attached hydrogens (tertiary/aromatic N) is 2. The standard InChI is InChI=1S/C28H20Cl2N2O4S/c1-3-13-35-27(34)24-16(2)31-28-32(25(24)17-7-5-4-6-8-17)26(33)23(37-28)15-19-10-12-22(36-19)20-14-18(29)9-11-21(20)30/h3-12,14-15,25H,1,13H2,2H3. The van der Waals surface area contributed by atoms with Gasteiger partial charge in [-0.1, -0.05) is 77.5 Å². The number of ether oxygens (including phenoxy) is 1. The highest BCUT2D eigenvalue weighted by Gasteiger charge is 2.33. The van der Waals surface area contributed by atoms with Gasteiger partial charge in [0.1, 0.15) is 18.1 Å². The van der Waals surface area contributed by atoms with Crippen molar-refractivity contribution >= 4 is 46.6 Å². The molecule has 1 aliphatic rings. The van der Waals surface area contributed by atoms with Crippen LogP contribution in [0.15, 0.2) is 98.8 Å². The van der Waals surface area contributed by atoms with E-state index in [0.717, 1.165) is 5.56 Å². The van der Waals surface area contributed by atoms with Crippen LogP contribution in [0, 0.1) is 0 Å². The number of allylic oxidation sites excluding steroid dienone is 1. The normalized spacial score (nSPS) is 15.3. The number of carbonyl (C=O) groups excluding carboxylic acids is 1. The maximum Gasteiger partial charge on any atom is 0.338 e. The molecule has 1 aliphatic heterocycles. The number of hydrogen-bond acceptors (Lipinski definition) is 6. The molecular weight excluding hydrogens is 531 g/mol. The lowest BCUT2D eigenvalue weighted by Crippen LogP contribution is -2.39. The molecule has 2 aromatic carbocycles. The topological polar surface area (TPSA) is 73.8 Å². The molecule has 0 N–H and O–H groups in total. The molecule has 0 fully saturated rings. The van der Waals surface area contributed by atoms with Gasteiger partial charge in [0, 0.05) is 16.7 Å². The van der Waals surface area contributed by atoms with Crippen LogP contribution < -0.4 is 14.9 Å². The van der Waals surface area contributed by atoms with Gasteiger partial charge in [-0.15, -0.1) is 0 Å². The molecule has 0 saturated heterocycles. The third kappa shape index (κ3) is 4.85. The molecule has 0 spiro atoms. The van der Waals surface area contributed by atoms with Crippen LogP contribution >= 0.6 is 34.5 Å². The van der Waals surface area contributed by atoms with E-state index in [1.54, 1.807) is 43.3 Å². The van der Waals surface area contributed by atoms with E-state index >= 15 is 0 Å². The fourth-order valence-electron chi connectivity index (χ4n) is 4.14. The van der Waals surface area contributed by atoms with Gasteiger partial charge in [0.05, 0.1) is 26.9 Å². The minimum absolute atomic E-state index is 0.0546. The van der Waals surface area contributed by atoms with Crippen LogP contribution in [-0.4, -0.2) is 17.1 Å². The molecule has 1 unspecified atom stereocenters. The number of fused-ring (bicyclic) bond motifs is 1. The fraction of sp³-hybridized carbons (Fsp3) is 0.107. The van der Waals surface area contributed by atoms with Crippen molar-refractivity contribution in [3.05, 3.63) is 126 Å². The number of thiazole rings is 1. The van der Waals surface area contributed by atoms with E-state index in [-0.39, 0.29) is 12.2 Å². The SMILES string of the molecule is C=CCOC(=O)C1=C(C)N=c2sc(=Cc3ccc(-c4cc(Cl)ccc4Cl)o3)c(=O)n2C1c1ccccc1. The molecule has 3 heterocycles. The van der Waals surface area contributed by atoms with Crippen LogP contribution in [-0.2, 0) is 9.53 Å². The van der Waals surface area contributed by atoms with Gasteiger partial charge in [-0.2, -0.15) is 0 Å². The van der Waals surface area contributed by atoms with Crippen molar-refractivity contribution in [2.75, 3.05) is 6.61 Å². The Hall–Kier alpha value is -3.65. The highest BCUT2D eigenvalue weighted by molar-refractivity contribution is 7.07. The first kappa shape index (κ1) is 25.0. The molecule has 0 radical (unpaired) electrons. The molecule has 6 nitrogen and oxygen atoms in total. The lowest BCUT2D eigenvalue weighted by atomic mass is 9.96. The number of furan rings is 1. The fourth-order valence-corrected chi connectivity index (χ4v) is 5.55. The first-order valence-corrected chi connectivity index (χ1v) is 12.9. The molecule has 9 heteroatoms. The van der Waals surface area contributed by atoms with Crippen LogP contribution in [0.5, 0.6) is 0 Å². The van der Waals surface area contributed by atoms with E-state index in [4.69, 9.17) is 32.4 Å². The van der Waals surface area contributed by atoms with Crippen LogP contribution in [0.2, 0.25) is 10.0 Å². The van der Waals surface area contributed by atoms with Crippen molar-refractivity contribution in [1.29, 1.82) is 0 Å². The van der Waals surface area contributed by atoms with Crippen molar-refractivity contribution in [1.82, 2.24) is 4.57 Å². The lowest BCUT2D eigenvalue weighted by Gasteiger charge is -2.24. The second-order valence-electron chi connectivity index (χ2n) is 8.21. The van der Waals surface area contributed by atoms with E-state index in [9.17, 15) is 9.59 Å². The van der Waals surface area contributed by atoms with Gasteiger partial charge < -0.3 is 9.15 Å². The molecular formula is C28H20Cl2N2O4S. The minimum atomic E-state index is -0.686. The third-order valence-corrected chi connectivity index (χ3v) is 7.33. The van der Waals surface area contributed by atoms with E-state index in [2.05, 4.69) is 11.6 Å². The highest BCUT2D eigenvalue weighted by Crippen LogP contribution is 2.32. The van der Waals surface area contributed by atoms with Gasteiger partial charge in [0.15, 0.2) is 4.80 Å². The van der Waals surface area contributed by atoms with Gasteiger partial charge >= 0.3 is 5.97 Å². The summed E-state index contributed by atoms with van der Waals surface area (Å²) in [4.78, 5) is 31.8. The summed E-state index contributed by atoms with van der Waals surface area (Å²) < 4.78 is 13.2. The Morgan fingerprint density at radius 3 is 2.73 bits per heavy atom. The number of carbonyl (C=O) groups is 1. The molecule has 0 bridgehead atoms. The Morgan fingerprint density at radius 2 is 1.97 bits per heavy atom. The molecule has 1 atom stereocenters. The Morgan fingerprint density at radius 1 is 1.19 bits per heavy atom. The average Bonchev–Trinajstić information content (AvgIpc) is 3.48. The molecule has 186 valence electrons. The van der Waals surface area contributed by atoms with Crippen LogP contribution in [0.1, 0.15) is 24.3 Å². The Balaban J connectivity index is 1.62. The van der Waals surface area contributed by atoms with Crippen molar-refractivity contribution in [3.8, 4) is 11.3 Å². The summed E-state index contributed by atoms with van der Waals surface area (Å²) in [5.74, 6) is 0.448. The zero-order chi connectivity index (χ0) is 26.1. The van der Waals surface area contributed by atoms with Gasteiger partial charge in [-0.05, 0) is 42.8 Å². The van der Waals surface area contributed by atoms with E-state index in [1.807, 2.05) is 30.3 Å². The molecule has 37 heavy (non-hydrogen) atoms. The zero-order valence-electron chi connectivity index (χ0n) is 19.6. The number of benzene rings is 2. The molecule has 0 amide bonds. The second-order valence-corrected chi connectivity index (χ2v) is 10.1. The Labute approximate surface area is 226 Å². The lowest BCUT2D eigenvalue weighted by molar-refractivity contribution is -0.138. The van der Waals surface area contributed by atoms with Crippen molar-refractivity contribution < 1.29 is 13.9 Å². The van der Waals surface area contributed by atoms with E-state index < -0.39 is 12.0 Å². The second kappa shape index (κ2) is 10.4. The minimum Gasteiger partial charge on any atom is -0.458 e. The highest BCUT2D eigenvalue weighted by atomic mass is 35.5. The van der Waals surface area contributed by atoms with Gasteiger partial charge in [0.2, 0.25) is 0 Å². The van der Waals surface area contributed by atoms with Gasteiger partial charge in [-0.3, -0.25) is 9.36 Å².